The van der Waals surface area contributed by atoms with Crippen LogP contribution in [0.5, 0.6) is 0 Å². The SMILES string of the molecule is C[C@H](CN(CCS(=O)(=O)N1CCNCC1)C(=O)Cc1cccs1)c1ccccc1. The van der Waals surface area contributed by atoms with Crippen LogP contribution in [0, 0.1) is 0 Å². The minimum absolute atomic E-state index is 0.0225. The zero-order valence-electron chi connectivity index (χ0n) is 16.8. The number of hydrogen-bond acceptors (Lipinski definition) is 5. The number of rotatable bonds is 9. The second-order valence-corrected chi connectivity index (χ2v) is 10.5. The molecule has 0 saturated carbocycles. The van der Waals surface area contributed by atoms with Crippen LogP contribution in [0.4, 0.5) is 0 Å². The fraction of sp³-hybridized carbons (Fsp3) is 0.476. The van der Waals surface area contributed by atoms with Crippen molar-refractivity contribution in [2.45, 2.75) is 19.3 Å². The van der Waals surface area contributed by atoms with E-state index in [1.54, 1.807) is 16.2 Å². The van der Waals surface area contributed by atoms with Gasteiger partial charge in [-0.25, -0.2) is 8.42 Å². The van der Waals surface area contributed by atoms with Crippen LogP contribution in [0.3, 0.4) is 0 Å². The van der Waals surface area contributed by atoms with Crippen LogP contribution in [0.2, 0.25) is 0 Å². The molecule has 8 heteroatoms. The zero-order valence-corrected chi connectivity index (χ0v) is 18.4. The predicted octanol–water partition coefficient (Wildman–Crippen LogP) is 2.16. The summed E-state index contributed by atoms with van der Waals surface area (Å²) in [4.78, 5) is 15.7. The van der Waals surface area contributed by atoms with Gasteiger partial charge in [-0.1, -0.05) is 43.3 Å². The van der Waals surface area contributed by atoms with E-state index in [1.165, 1.54) is 4.31 Å². The smallest absolute Gasteiger partial charge is 0.227 e. The summed E-state index contributed by atoms with van der Waals surface area (Å²) in [6.45, 7) is 5.12. The molecule has 3 rings (SSSR count). The van der Waals surface area contributed by atoms with Gasteiger partial charge in [-0.15, -0.1) is 11.3 Å². The third kappa shape index (κ3) is 6.37. The van der Waals surface area contributed by atoms with Crippen molar-refractivity contribution in [3.8, 4) is 0 Å². The first-order chi connectivity index (χ1) is 14.0. The fourth-order valence-electron chi connectivity index (χ4n) is 3.49. The molecule has 0 radical (unpaired) electrons. The van der Waals surface area contributed by atoms with Crippen LogP contribution in [0.25, 0.3) is 0 Å². The van der Waals surface area contributed by atoms with Gasteiger partial charge in [0.2, 0.25) is 15.9 Å². The van der Waals surface area contributed by atoms with E-state index in [9.17, 15) is 13.2 Å². The number of nitrogens with zero attached hydrogens (tertiary/aromatic N) is 2. The van der Waals surface area contributed by atoms with E-state index < -0.39 is 10.0 Å². The topological polar surface area (TPSA) is 69.7 Å². The summed E-state index contributed by atoms with van der Waals surface area (Å²) in [6, 6.07) is 13.9. The molecule has 6 nitrogen and oxygen atoms in total. The maximum Gasteiger partial charge on any atom is 0.227 e. The molecular weight excluding hydrogens is 406 g/mol. The van der Waals surface area contributed by atoms with E-state index >= 15 is 0 Å². The monoisotopic (exact) mass is 435 g/mol. The normalized spacial score (nSPS) is 16.4. The summed E-state index contributed by atoms with van der Waals surface area (Å²) in [5.74, 6) is 0.0705. The molecule has 1 N–H and O–H groups in total. The average Bonchev–Trinajstić information content (AvgIpc) is 3.25. The Morgan fingerprint density at radius 1 is 1.17 bits per heavy atom. The van der Waals surface area contributed by atoms with E-state index in [0.29, 0.717) is 39.1 Å². The molecular formula is C21H29N3O3S2. The van der Waals surface area contributed by atoms with Crippen molar-refractivity contribution >= 4 is 27.3 Å². The largest absolute Gasteiger partial charge is 0.341 e. The molecule has 2 heterocycles. The summed E-state index contributed by atoms with van der Waals surface area (Å²) < 4.78 is 27.0. The lowest BCUT2D eigenvalue weighted by atomic mass is 10.0. The fourth-order valence-corrected chi connectivity index (χ4v) is 5.63. The number of carbonyl (C=O) groups is 1. The lowest BCUT2D eigenvalue weighted by molar-refractivity contribution is -0.130. The molecule has 0 spiro atoms. The second kappa shape index (κ2) is 10.3. The van der Waals surface area contributed by atoms with Gasteiger partial charge < -0.3 is 10.2 Å². The Morgan fingerprint density at radius 3 is 2.55 bits per heavy atom. The van der Waals surface area contributed by atoms with E-state index in [2.05, 4.69) is 12.2 Å². The molecule has 2 aromatic rings. The van der Waals surface area contributed by atoms with Crippen LogP contribution in [0.15, 0.2) is 47.8 Å². The van der Waals surface area contributed by atoms with Crippen molar-refractivity contribution in [3.05, 3.63) is 58.3 Å². The molecule has 1 aliphatic rings. The molecule has 1 atom stereocenters. The van der Waals surface area contributed by atoms with Crippen LogP contribution in [0.1, 0.15) is 23.3 Å². The van der Waals surface area contributed by atoms with Crippen LogP contribution in [-0.2, 0) is 21.2 Å². The Morgan fingerprint density at radius 2 is 1.90 bits per heavy atom. The van der Waals surface area contributed by atoms with Crippen molar-refractivity contribution in [1.29, 1.82) is 0 Å². The first kappa shape index (κ1) is 22.0. The highest BCUT2D eigenvalue weighted by Crippen LogP contribution is 2.18. The predicted molar refractivity (Wildman–Crippen MR) is 118 cm³/mol. The molecule has 1 fully saturated rings. The third-order valence-electron chi connectivity index (χ3n) is 5.21. The van der Waals surface area contributed by atoms with Crippen LogP contribution >= 0.6 is 11.3 Å². The van der Waals surface area contributed by atoms with Crippen molar-refractivity contribution in [3.63, 3.8) is 0 Å². The summed E-state index contributed by atoms with van der Waals surface area (Å²) in [7, 11) is -3.37. The van der Waals surface area contributed by atoms with Gasteiger partial charge in [0, 0.05) is 44.1 Å². The molecule has 0 unspecified atom stereocenters. The first-order valence-corrected chi connectivity index (χ1v) is 12.5. The average molecular weight is 436 g/mol. The van der Waals surface area contributed by atoms with Gasteiger partial charge in [0.1, 0.15) is 0 Å². The van der Waals surface area contributed by atoms with E-state index in [4.69, 9.17) is 0 Å². The minimum atomic E-state index is -3.37. The van der Waals surface area contributed by atoms with E-state index in [1.807, 2.05) is 47.8 Å². The molecule has 29 heavy (non-hydrogen) atoms. The lowest BCUT2D eigenvalue weighted by Crippen LogP contribution is -2.48. The van der Waals surface area contributed by atoms with Gasteiger partial charge in [0.05, 0.1) is 12.2 Å². The Balaban J connectivity index is 1.68. The van der Waals surface area contributed by atoms with E-state index in [-0.39, 0.29) is 24.1 Å². The quantitative estimate of drug-likeness (QED) is 0.655. The maximum atomic E-state index is 13.0. The van der Waals surface area contributed by atoms with Crippen molar-refractivity contribution in [2.24, 2.45) is 0 Å². The van der Waals surface area contributed by atoms with Gasteiger partial charge in [0.25, 0.3) is 0 Å². The third-order valence-corrected chi connectivity index (χ3v) is 7.94. The van der Waals surface area contributed by atoms with Crippen LogP contribution < -0.4 is 5.32 Å². The number of thiophene rings is 1. The van der Waals surface area contributed by atoms with Gasteiger partial charge in [0.15, 0.2) is 0 Å². The Bertz CT molecular complexity index is 864. The summed E-state index contributed by atoms with van der Waals surface area (Å²) >= 11 is 1.55. The molecule has 0 bridgehead atoms. The van der Waals surface area contributed by atoms with Gasteiger partial charge in [-0.3, -0.25) is 4.79 Å². The maximum absolute atomic E-state index is 13.0. The Kier molecular flexibility index (Phi) is 7.83. The zero-order chi connectivity index (χ0) is 20.7. The highest BCUT2D eigenvalue weighted by atomic mass is 32.2. The second-order valence-electron chi connectivity index (χ2n) is 7.37. The molecule has 1 aromatic carbocycles. The van der Waals surface area contributed by atoms with Gasteiger partial charge in [-0.2, -0.15) is 4.31 Å². The summed E-state index contributed by atoms with van der Waals surface area (Å²) in [6.07, 6.45) is 0.312. The highest BCUT2D eigenvalue weighted by molar-refractivity contribution is 7.89. The molecule has 1 amide bonds. The lowest BCUT2D eigenvalue weighted by Gasteiger charge is -2.30. The highest BCUT2D eigenvalue weighted by Gasteiger charge is 2.26. The Labute approximate surface area is 177 Å². The number of benzene rings is 1. The molecule has 0 aliphatic carbocycles. The first-order valence-electron chi connectivity index (χ1n) is 9.99. The van der Waals surface area contributed by atoms with Crippen molar-refractivity contribution in [2.75, 3.05) is 45.0 Å². The number of sulfonamides is 1. The Hall–Kier alpha value is -1.74. The number of piperazine rings is 1. The molecule has 158 valence electrons. The van der Waals surface area contributed by atoms with Gasteiger partial charge >= 0.3 is 0 Å². The van der Waals surface area contributed by atoms with Crippen molar-refractivity contribution < 1.29 is 13.2 Å². The summed E-state index contributed by atoms with van der Waals surface area (Å²) in [5.41, 5.74) is 1.14. The molecule has 1 aliphatic heterocycles. The number of carbonyl (C=O) groups excluding carboxylic acids is 1. The molecule has 1 saturated heterocycles. The number of nitrogens with one attached hydrogen (secondary N) is 1. The summed E-state index contributed by atoms with van der Waals surface area (Å²) in [5, 5.41) is 5.12. The molecule has 1 aromatic heterocycles. The van der Waals surface area contributed by atoms with Crippen LogP contribution in [-0.4, -0.2) is 68.6 Å². The van der Waals surface area contributed by atoms with Crippen molar-refractivity contribution in [1.82, 2.24) is 14.5 Å². The van der Waals surface area contributed by atoms with Gasteiger partial charge in [-0.05, 0) is 22.9 Å². The minimum Gasteiger partial charge on any atom is -0.341 e. The van der Waals surface area contributed by atoms with E-state index in [0.717, 1.165) is 10.4 Å². The number of hydrogen-bond donors (Lipinski definition) is 1. The number of amides is 1. The standard InChI is InChI=1S/C21H29N3O3S2/c1-18(19-6-3-2-4-7-19)17-23(21(25)16-20-8-5-14-28-20)13-15-29(26,27)24-11-9-22-10-12-24/h2-8,14,18,22H,9-13,15-17H2,1H3/t18-/m1/s1.